The summed E-state index contributed by atoms with van der Waals surface area (Å²) < 4.78 is 0. The fourth-order valence-electron chi connectivity index (χ4n) is 0.763. The Morgan fingerprint density at radius 2 is 2.27 bits per heavy atom. The van der Waals surface area contributed by atoms with Crippen LogP contribution in [-0.2, 0) is 4.79 Å². The maximum absolute atomic E-state index is 10.7. The highest BCUT2D eigenvalue weighted by molar-refractivity contribution is 5.78. The molecule has 0 rings (SSSR count). The van der Waals surface area contributed by atoms with Crippen molar-refractivity contribution in [2.45, 2.75) is 32.4 Å². The molecule has 2 unspecified atom stereocenters. The van der Waals surface area contributed by atoms with E-state index in [-0.39, 0.29) is 18.5 Å². The molecule has 4 nitrogen and oxygen atoms in total. The number of aliphatic hydroxyl groups excluding tert-OH is 1. The van der Waals surface area contributed by atoms with Gasteiger partial charge in [-0.05, 0) is 13.3 Å². The van der Waals surface area contributed by atoms with Crippen LogP contribution in [0.25, 0.3) is 0 Å². The Bertz CT molecular complexity index is 128. The molecule has 0 aliphatic carbocycles. The molecule has 66 valence electrons. The lowest BCUT2D eigenvalue weighted by atomic mass is 10.1. The molecular weight excluding hydrogens is 144 g/mol. The Morgan fingerprint density at radius 1 is 1.73 bits per heavy atom. The third-order valence-corrected chi connectivity index (χ3v) is 1.57. The maximum Gasteiger partial charge on any atom is 0.234 e. The number of carbonyl (C=O) groups excluding carboxylic acids is 1. The number of carbonyl (C=O) groups is 1. The van der Waals surface area contributed by atoms with E-state index in [0.717, 1.165) is 0 Å². The summed E-state index contributed by atoms with van der Waals surface area (Å²) >= 11 is 0. The summed E-state index contributed by atoms with van der Waals surface area (Å²) in [6, 6.07) is -0.212. The molecule has 0 saturated heterocycles. The van der Waals surface area contributed by atoms with Crippen molar-refractivity contribution < 1.29 is 9.90 Å². The molecule has 0 aromatic rings. The number of nitrogens with two attached hydrogens (primary N) is 1. The second-order valence-corrected chi connectivity index (χ2v) is 2.54. The van der Waals surface area contributed by atoms with Gasteiger partial charge in [0.15, 0.2) is 0 Å². The minimum absolute atomic E-state index is 0.0270. The molecule has 0 spiro atoms. The van der Waals surface area contributed by atoms with Gasteiger partial charge < -0.3 is 16.2 Å². The Kier molecular flexibility index (Phi) is 4.81. The normalized spacial score (nSPS) is 15.6. The first-order chi connectivity index (χ1) is 5.11. The van der Waals surface area contributed by atoms with Gasteiger partial charge in [0.25, 0.3) is 0 Å². The van der Waals surface area contributed by atoms with Gasteiger partial charge in [0.2, 0.25) is 5.91 Å². The van der Waals surface area contributed by atoms with Gasteiger partial charge in [-0.15, -0.1) is 0 Å². The van der Waals surface area contributed by atoms with Crippen molar-refractivity contribution in [1.29, 1.82) is 0 Å². The highest BCUT2D eigenvalue weighted by atomic mass is 16.3. The first-order valence-corrected chi connectivity index (χ1v) is 3.79. The number of amides is 1. The molecule has 0 aromatic carbocycles. The standard InChI is InChI=1S/C7H16N2O2/c1-3-6(10)5(2)9-7(11)4-8/h5-6,10H,3-4,8H2,1-2H3,(H,9,11). The second-order valence-electron chi connectivity index (χ2n) is 2.54. The summed E-state index contributed by atoms with van der Waals surface area (Å²) in [5.74, 6) is -0.231. The lowest BCUT2D eigenvalue weighted by Crippen LogP contribution is -2.43. The average Bonchev–Trinajstić information content (AvgIpc) is 2.02. The van der Waals surface area contributed by atoms with Gasteiger partial charge in [0, 0.05) is 0 Å². The van der Waals surface area contributed by atoms with Crippen LogP contribution in [0.1, 0.15) is 20.3 Å². The van der Waals surface area contributed by atoms with Crippen molar-refractivity contribution in [2.75, 3.05) is 6.54 Å². The lowest BCUT2D eigenvalue weighted by Gasteiger charge is -2.17. The van der Waals surface area contributed by atoms with E-state index in [9.17, 15) is 9.90 Å². The largest absolute Gasteiger partial charge is 0.391 e. The molecule has 11 heavy (non-hydrogen) atoms. The van der Waals surface area contributed by atoms with Crippen LogP contribution in [0.5, 0.6) is 0 Å². The fourth-order valence-corrected chi connectivity index (χ4v) is 0.763. The van der Waals surface area contributed by atoms with Crippen molar-refractivity contribution in [3.63, 3.8) is 0 Å². The van der Waals surface area contributed by atoms with Crippen molar-refractivity contribution >= 4 is 5.91 Å². The zero-order valence-electron chi connectivity index (χ0n) is 7.00. The van der Waals surface area contributed by atoms with E-state index in [1.807, 2.05) is 6.92 Å². The summed E-state index contributed by atoms with van der Waals surface area (Å²) in [5.41, 5.74) is 5.07. The average molecular weight is 160 g/mol. The first kappa shape index (κ1) is 10.4. The predicted octanol–water partition coefficient (Wildman–Crippen LogP) is -0.779. The monoisotopic (exact) mass is 160 g/mol. The Hall–Kier alpha value is -0.610. The Labute approximate surface area is 66.8 Å². The van der Waals surface area contributed by atoms with Crippen molar-refractivity contribution in [3.8, 4) is 0 Å². The highest BCUT2D eigenvalue weighted by Crippen LogP contribution is 1.96. The maximum atomic E-state index is 10.7. The number of aliphatic hydroxyl groups is 1. The van der Waals surface area contributed by atoms with Gasteiger partial charge in [0.1, 0.15) is 0 Å². The van der Waals surface area contributed by atoms with Gasteiger partial charge in [-0.3, -0.25) is 4.79 Å². The summed E-state index contributed by atoms with van der Waals surface area (Å²) in [6.07, 6.45) is 0.150. The van der Waals surface area contributed by atoms with E-state index >= 15 is 0 Å². The Morgan fingerprint density at radius 3 is 2.64 bits per heavy atom. The van der Waals surface area contributed by atoms with E-state index in [0.29, 0.717) is 6.42 Å². The number of nitrogens with one attached hydrogen (secondary N) is 1. The van der Waals surface area contributed by atoms with E-state index < -0.39 is 6.10 Å². The molecule has 4 N–H and O–H groups in total. The first-order valence-electron chi connectivity index (χ1n) is 3.79. The summed E-state index contributed by atoms with van der Waals surface area (Å²) in [7, 11) is 0. The highest BCUT2D eigenvalue weighted by Gasteiger charge is 2.12. The quantitative estimate of drug-likeness (QED) is 0.505. The third kappa shape index (κ3) is 3.95. The van der Waals surface area contributed by atoms with E-state index in [1.165, 1.54) is 0 Å². The molecule has 0 fully saturated rings. The molecule has 0 aliphatic rings. The summed E-state index contributed by atoms with van der Waals surface area (Å²) in [5, 5.41) is 11.8. The minimum Gasteiger partial charge on any atom is -0.391 e. The topological polar surface area (TPSA) is 75.3 Å². The zero-order valence-corrected chi connectivity index (χ0v) is 7.00. The molecule has 0 aromatic heterocycles. The molecule has 1 amide bonds. The van der Waals surface area contributed by atoms with Crippen LogP contribution >= 0.6 is 0 Å². The van der Waals surface area contributed by atoms with E-state index in [1.54, 1.807) is 6.92 Å². The molecule has 0 aliphatic heterocycles. The van der Waals surface area contributed by atoms with Crippen LogP contribution in [-0.4, -0.2) is 29.7 Å². The van der Waals surface area contributed by atoms with Crippen molar-refractivity contribution in [3.05, 3.63) is 0 Å². The van der Waals surface area contributed by atoms with Crippen LogP contribution in [0.2, 0.25) is 0 Å². The molecule has 4 heteroatoms. The number of hydrogen-bond acceptors (Lipinski definition) is 3. The Balaban J connectivity index is 3.67. The van der Waals surface area contributed by atoms with E-state index in [4.69, 9.17) is 5.73 Å². The summed E-state index contributed by atoms with van der Waals surface area (Å²) in [4.78, 5) is 10.7. The van der Waals surface area contributed by atoms with Crippen LogP contribution in [0.4, 0.5) is 0 Å². The summed E-state index contributed by atoms with van der Waals surface area (Å²) in [6.45, 7) is 3.58. The molecule has 0 heterocycles. The number of rotatable bonds is 4. The van der Waals surface area contributed by atoms with Crippen LogP contribution < -0.4 is 11.1 Å². The van der Waals surface area contributed by atoms with Crippen molar-refractivity contribution in [2.24, 2.45) is 5.73 Å². The van der Waals surface area contributed by atoms with Gasteiger partial charge in [-0.2, -0.15) is 0 Å². The predicted molar refractivity (Wildman–Crippen MR) is 43.0 cm³/mol. The molecule has 2 atom stereocenters. The number of hydrogen-bond donors (Lipinski definition) is 3. The molecule has 0 radical (unpaired) electrons. The molecular formula is C7H16N2O2. The molecule has 0 bridgehead atoms. The lowest BCUT2D eigenvalue weighted by molar-refractivity contribution is -0.121. The van der Waals surface area contributed by atoms with Gasteiger partial charge in [0.05, 0.1) is 18.7 Å². The van der Waals surface area contributed by atoms with Gasteiger partial charge >= 0.3 is 0 Å². The smallest absolute Gasteiger partial charge is 0.234 e. The second kappa shape index (κ2) is 5.09. The van der Waals surface area contributed by atoms with Crippen LogP contribution in [0, 0.1) is 0 Å². The molecule has 0 saturated carbocycles. The minimum atomic E-state index is -0.481. The van der Waals surface area contributed by atoms with Crippen LogP contribution in [0.3, 0.4) is 0 Å². The van der Waals surface area contributed by atoms with Crippen molar-refractivity contribution in [1.82, 2.24) is 5.32 Å². The SMILES string of the molecule is CCC(O)C(C)NC(=O)CN. The van der Waals surface area contributed by atoms with Gasteiger partial charge in [-0.1, -0.05) is 6.92 Å². The van der Waals surface area contributed by atoms with Gasteiger partial charge in [-0.25, -0.2) is 0 Å². The third-order valence-electron chi connectivity index (χ3n) is 1.57. The fraction of sp³-hybridized carbons (Fsp3) is 0.857. The van der Waals surface area contributed by atoms with Crippen LogP contribution in [0.15, 0.2) is 0 Å². The van der Waals surface area contributed by atoms with E-state index in [2.05, 4.69) is 5.32 Å². The zero-order chi connectivity index (χ0) is 8.85.